The molecule has 202 valence electrons. The lowest BCUT2D eigenvalue weighted by atomic mass is 10.2. The van der Waals surface area contributed by atoms with Gasteiger partial charge in [-0.15, -0.1) is 0 Å². The van der Waals surface area contributed by atoms with Crippen LogP contribution in [0.3, 0.4) is 0 Å². The number of fused-ring (bicyclic) bond motifs is 1. The molecule has 2 aromatic carbocycles. The number of amides is 1. The van der Waals surface area contributed by atoms with E-state index in [-0.39, 0.29) is 28.2 Å². The first-order valence-electron chi connectivity index (χ1n) is 11.8. The minimum absolute atomic E-state index is 0.0630. The second kappa shape index (κ2) is 11.7. The Balaban J connectivity index is 1.74. The maximum absolute atomic E-state index is 12.9. The summed E-state index contributed by atoms with van der Waals surface area (Å²) in [6, 6.07) is 7.21. The van der Waals surface area contributed by atoms with E-state index in [0.29, 0.717) is 18.6 Å². The Morgan fingerprint density at radius 2 is 1.76 bits per heavy atom. The van der Waals surface area contributed by atoms with Crippen molar-refractivity contribution in [1.29, 1.82) is 0 Å². The molecule has 11 nitrogen and oxygen atoms in total. The van der Waals surface area contributed by atoms with Gasteiger partial charge in [0.15, 0.2) is 0 Å². The average molecular weight is 528 g/mol. The highest BCUT2D eigenvalue weighted by Crippen LogP contribution is 2.31. The number of hydrogen-bond acceptors (Lipinski definition) is 10. The molecule has 1 atom stereocenters. The molecule has 38 heavy (non-hydrogen) atoms. The summed E-state index contributed by atoms with van der Waals surface area (Å²) >= 11 is 0. The SMILES string of the molecule is CCCOC(=O)c1ccc(Oc2coc3cc(OC(=O)[C@@H](C)NC(=O)OC(C)(C)C)cc(O)c3c2=O)cc1. The van der Waals surface area contributed by atoms with Gasteiger partial charge in [0.25, 0.3) is 0 Å². The van der Waals surface area contributed by atoms with Gasteiger partial charge in [-0.25, -0.2) is 14.4 Å². The van der Waals surface area contributed by atoms with Gasteiger partial charge in [-0.05, 0) is 58.4 Å². The van der Waals surface area contributed by atoms with E-state index in [0.717, 1.165) is 12.3 Å². The highest BCUT2D eigenvalue weighted by molar-refractivity contribution is 5.90. The number of rotatable bonds is 8. The lowest BCUT2D eigenvalue weighted by molar-refractivity contribution is -0.136. The van der Waals surface area contributed by atoms with Crippen LogP contribution in [0.25, 0.3) is 11.0 Å². The van der Waals surface area contributed by atoms with E-state index in [9.17, 15) is 24.3 Å². The van der Waals surface area contributed by atoms with Crippen molar-refractivity contribution in [2.24, 2.45) is 0 Å². The summed E-state index contributed by atoms with van der Waals surface area (Å²) in [5, 5.41) is 12.6. The minimum atomic E-state index is -1.06. The molecule has 11 heteroatoms. The quantitative estimate of drug-likeness (QED) is 0.312. The molecule has 0 saturated carbocycles. The van der Waals surface area contributed by atoms with Crippen molar-refractivity contribution in [1.82, 2.24) is 5.32 Å². The third kappa shape index (κ3) is 7.25. The molecule has 0 aliphatic carbocycles. The van der Waals surface area contributed by atoms with E-state index in [2.05, 4.69) is 5.32 Å². The van der Waals surface area contributed by atoms with Gasteiger partial charge in [0.05, 0.1) is 12.2 Å². The second-order valence-electron chi connectivity index (χ2n) is 9.30. The van der Waals surface area contributed by atoms with Gasteiger partial charge in [0.2, 0.25) is 11.2 Å². The van der Waals surface area contributed by atoms with Crippen molar-refractivity contribution in [3.05, 3.63) is 58.4 Å². The van der Waals surface area contributed by atoms with Crippen LogP contribution in [0, 0.1) is 0 Å². The standard InChI is InChI=1S/C27H29NO10/c1-6-11-34-25(32)16-7-9-17(10-8-16)36-21-14-35-20-13-18(12-19(29)22(20)23(21)30)37-24(31)15(2)28-26(33)38-27(3,4)5/h7-10,12-15,29H,6,11H2,1-5H3,(H,28,33)/t15-/m1/s1. The van der Waals surface area contributed by atoms with Crippen molar-refractivity contribution < 1.29 is 42.9 Å². The summed E-state index contributed by atoms with van der Waals surface area (Å²) in [5.41, 5.74) is -1.16. The third-order valence-electron chi connectivity index (χ3n) is 4.86. The molecule has 0 fully saturated rings. The highest BCUT2D eigenvalue weighted by Gasteiger charge is 2.23. The molecule has 1 aromatic heterocycles. The lowest BCUT2D eigenvalue weighted by Gasteiger charge is -2.21. The molecule has 1 amide bonds. The molecule has 2 N–H and O–H groups in total. The maximum Gasteiger partial charge on any atom is 0.408 e. The number of phenolic OH excluding ortho intramolecular Hbond substituents is 1. The van der Waals surface area contributed by atoms with Crippen molar-refractivity contribution in [2.75, 3.05) is 6.61 Å². The fourth-order valence-electron chi connectivity index (χ4n) is 3.13. The highest BCUT2D eigenvalue weighted by atomic mass is 16.6. The summed E-state index contributed by atoms with van der Waals surface area (Å²) in [7, 11) is 0. The van der Waals surface area contributed by atoms with E-state index >= 15 is 0 Å². The molecule has 0 radical (unpaired) electrons. The number of phenols is 1. The normalized spacial score (nSPS) is 11.9. The first kappa shape index (κ1) is 28.0. The van der Waals surface area contributed by atoms with E-state index < -0.39 is 40.9 Å². The van der Waals surface area contributed by atoms with Gasteiger partial charge in [0, 0.05) is 12.1 Å². The lowest BCUT2D eigenvalue weighted by Crippen LogP contribution is -2.43. The Morgan fingerprint density at radius 1 is 1.08 bits per heavy atom. The average Bonchev–Trinajstić information content (AvgIpc) is 2.83. The van der Waals surface area contributed by atoms with Gasteiger partial charge < -0.3 is 33.8 Å². The van der Waals surface area contributed by atoms with Crippen LogP contribution in [0.5, 0.6) is 23.0 Å². The zero-order valence-corrected chi connectivity index (χ0v) is 21.7. The monoisotopic (exact) mass is 527 g/mol. The van der Waals surface area contributed by atoms with Crippen molar-refractivity contribution in [3.8, 4) is 23.0 Å². The molecule has 0 spiro atoms. The minimum Gasteiger partial charge on any atom is -0.507 e. The molecule has 0 saturated heterocycles. The van der Waals surface area contributed by atoms with Crippen LogP contribution in [0.2, 0.25) is 0 Å². The first-order chi connectivity index (χ1) is 17.9. The van der Waals surface area contributed by atoms with E-state index in [1.165, 1.54) is 37.3 Å². The van der Waals surface area contributed by atoms with Gasteiger partial charge in [-0.2, -0.15) is 0 Å². The Bertz CT molecular complexity index is 1390. The van der Waals surface area contributed by atoms with Crippen LogP contribution in [0.15, 0.2) is 51.9 Å². The summed E-state index contributed by atoms with van der Waals surface area (Å²) in [6.45, 7) is 8.64. The molecular formula is C27H29NO10. The third-order valence-corrected chi connectivity index (χ3v) is 4.86. The fourth-order valence-corrected chi connectivity index (χ4v) is 3.13. The Labute approximate surface area is 218 Å². The summed E-state index contributed by atoms with van der Waals surface area (Å²) in [5.74, 6) is -1.89. The maximum atomic E-state index is 12.9. The van der Waals surface area contributed by atoms with E-state index in [4.69, 9.17) is 23.4 Å². The van der Waals surface area contributed by atoms with E-state index in [1.807, 2.05) is 6.92 Å². The number of esters is 2. The molecule has 1 heterocycles. The van der Waals surface area contributed by atoms with Crippen LogP contribution in [-0.4, -0.2) is 41.4 Å². The topological polar surface area (TPSA) is 151 Å². The molecule has 0 aliphatic rings. The van der Waals surface area contributed by atoms with Crippen molar-refractivity contribution >= 4 is 29.0 Å². The predicted octanol–water partition coefficient (Wildman–Crippen LogP) is 4.68. The number of hydrogen-bond donors (Lipinski definition) is 2. The van der Waals surface area contributed by atoms with Gasteiger partial charge in [0.1, 0.15) is 46.1 Å². The van der Waals surface area contributed by atoms with Crippen LogP contribution >= 0.6 is 0 Å². The van der Waals surface area contributed by atoms with Crippen LogP contribution in [-0.2, 0) is 14.3 Å². The molecule has 0 aliphatic heterocycles. The van der Waals surface area contributed by atoms with Crippen LogP contribution in [0.4, 0.5) is 4.79 Å². The second-order valence-corrected chi connectivity index (χ2v) is 9.30. The van der Waals surface area contributed by atoms with Gasteiger partial charge >= 0.3 is 18.0 Å². The smallest absolute Gasteiger partial charge is 0.408 e. The molecule has 3 rings (SSSR count). The summed E-state index contributed by atoms with van der Waals surface area (Å²) in [4.78, 5) is 49.1. The summed E-state index contributed by atoms with van der Waals surface area (Å²) < 4.78 is 26.4. The number of aromatic hydroxyl groups is 1. The summed E-state index contributed by atoms with van der Waals surface area (Å²) in [6.07, 6.45) is 0.949. The number of benzene rings is 2. The molecular weight excluding hydrogens is 498 g/mol. The van der Waals surface area contributed by atoms with Crippen molar-refractivity contribution in [3.63, 3.8) is 0 Å². The zero-order chi connectivity index (χ0) is 28.0. The van der Waals surface area contributed by atoms with Crippen LogP contribution in [0.1, 0.15) is 51.4 Å². The van der Waals surface area contributed by atoms with Crippen molar-refractivity contribution in [2.45, 2.75) is 52.7 Å². The number of carbonyl (C=O) groups is 3. The van der Waals surface area contributed by atoms with Gasteiger partial charge in [-0.3, -0.25) is 4.79 Å². The molecule has 0 bridgehead atoms. The number of nitrogens with one attached hydrogen (secondary N) is 1. The first-order valence-corrected chi connectivity index (χ1v) is 11.8. The number of ether oxygens (including phenoxy) is 4. The Hall–Kier alpha value is -4.54. The fraction of sp³-hybridized carbons (Fsp3) is 0.333. The zero-order valence-electron chi connectivity index (χ0n) is 21.7. The number of alkyl carbamates (subject to hydrolysis) is 1. The van der Waals surface area contributed by atoms with Gasteiger partial charge in [-0.1, -0.05) is 6.92 Å². The largest absolute Gasteiger partial charge is 0.507 e. The Morgan fingerprint density at radius 3 is 2.39 bits per heavy atom. The predicted molar refractivity (Wildman–Crippen MR) is 136 cm³/mol. The molecule has 0 unspecified atom stereocenters. The molecule has 3 aromatic rings. The Kier molecular flexibility index (Phi) is 8.61. The van der Waals surface area contributed by atoms with E-state index in [1.54, 1.807) is 20.8 Å². The number of carbonyl (C=O) groups excluding carboxylic acids is 3. The van der Waals surface area contributed by atoms with Crippen LogP contribution < -0.4 is 20.2 Å².